The van der Waals surface area contributed by atoms with Gasteiger partial charge in [-0.25, -0.2) is 9.78 Å². The molecule has 0 atom stereocenters. The lowest BCUT2D eigenvalue weighted by atomic mass is 10.2. The predicted molar refractivity (Wildman–Crippen MR) is 69.1 cm³/mol. The highest BCUT2D eigenvalue weighted by Gasteiger charge is 2.05. The Labute approximate surface area is 102 Å². The summed E-state index contributed by atoms with van der Waals surface area (Å²) in [5.41, 5.74) is 0.827. The van der Waals surface area contributed by atoms with Crippen LogP contribution in [0.25, 0.3) is 6.08 Å². The molecule has 0 spiro atoms. The van der Waals surface area contributed by atoms with E-state index in [0.717, 1.165) is 36.8 Å². The van der Waals surface area contributed by atoms with E-state index < -0.39 is 5.97 Å². The average Bonchev–Trinajstić information content (AvgIpc) is 2.33. The number of aromatic nitrogens is 1. The molecule has 0 saturated heterocycles. The van der Waals surface area contributed by atoms with Crippen LogP contribution in [0.15, 0.2) is 24.4 Å². The number of rotatable bonds is 6. The van der Waals surface area contributed by atoms with Gasteiger partial charge < -0.3 is 10.0 Å². The fraction of sp³-hybridized carbons (Fsp3) is 0.385. The Morgan fingerprint density at radius 3 is 3.00 bits per heavy atom. The number of carboxylic acid groups (broad SMARTS) is 1. The summed E-state index contributed by atoms with van der Waals surface area (Å²) < 4.78 is 0. The molecule has 4 heteroatoms. The molecule has 1 aromatic rings. The van der Waals surface area contributed by atoms with Gasteiger partial charge in [0, 0.05) is 31.4 Å². The quantitative estimate of drug-likeness (QED) is 0.768. The minimum Gasteiger partial charge on any atom is -0.478 e. The highest BCUT2D eigenvalue weighted by atomic mass is 16.4. The van der Waals surface area contributed by atoms with E-state index in [0.29, 0.717) is 0 Å². The van der Waals surface area contributed by atoms with Crippen LogP contribution in [0.2, 0.25) is 0 Å². The van der Waals surface area contributed by atoms with E-state index in [2.05, 4.69) is 11.9 Å². The predicted octanol–water partition coefficient (Wildman–Crippen LogP) is 2.42. The van der Waals surface area contributed by atoms with Gasteiger partial charge in [0.25, 0.3) is 0 Å². The van der Waals surface area contributed by atoms with Crippen molar-refractivity contribution in [1.29, 1.82) is 0 Å². The van der Waals surface area contributed by atoms with E-state index in [1.54, 1.807) is 18.3 Å². The van der Waals surface area contributed by atoms with Gasteiger partial charge in [-0.05, 0) is 24.6 Å². The zero-order valence-corrected chi connectivity index (χ0v) is 10.3. The van der Waals surface area contributed by atoms with Crippen molar-refractivity contribution in [2.75, 3.05) is 18.5 Å². The molecular formula is C13H18N2O2. The maximum Gasteiger partial charge on any atom is 0.328 e. The highest BCUT2D eigenvalue weighted by Crippen LogP contribution is 2.17. The second-order valence-electron chi connectivity index (χ2n) is 3.86. The molecule has 4 nitrogen and oxygen atoms in total. The van der Waals surface area contributed by atoms with E-state index in [1.165, 1.54) is 0 Å². The third kappa shape index (κ3) is 4.26. The van der Waals surface area contributed by atoms with Crippen LogP contribution >= 0.6 is 0 Å². The molecule has 0 aliphatic rings. The minimum atomic E-state index is -0.948. The minimum absolute atomic E-state index is 0.818. The van der Waals surface area contributed by atoms with Gasteiger partial charge in [-0.1, -0.05) is 13.3 Å². The summed E-state index contributed by atoms with van der Waals surface area (Å²) in [5, 5.41) is 8.62. The zero-order chi connectivity index (χ0) is 12.7. The number of hydrogen-bond acceptors (Lipinski definition) is 3. The third-order valence-corrected chi connectivity index (χ3v) is 2.43. The van der Waals surface area contributed by atoms with Gasteiger partial charge in [0.05, 0.1) is 0 Å². The van der Waals surface area contributed by atoms with E-state index in [4.69, 9.17) is 5.11 Å². The molecule has 0 radical (unpaired) electrons. The Bertz CT molecular complexity index is 402. The monoisotopic (exact) mass is 234 g/mol. The summed E-state index contributed by atoms with van der Waals surface area (Å²) in [6.45, 7) is 3.05. The van der Waals surface area contributed by atoms with Crippen LogP contribution < -0.4 is 4.90 Å². The molecule has 1 rings (SSSR count). The highest BCUT2D eigenvalue weighted by molar-refractivity contribution is 5.86. The van der Waals surface area contributed by atoms with Crippen molar-refractivity contribution >= 4 is 17.9 Å². The number of aliphatic carboxylic acids is 1. The molecule has 0 aromatic carbocycles. The van der Waals surface area contributed by atoms with Crippen LogP contribution in [0.3, 0.4) is 0 Å². The molecule has 0 saturated carbocycles. The molecule has 0 aliphatic heterocycles. The van der Waals surface area contributed by atoms with Crippen molar-refractivity contribution < 1.29 is 9.90 Å². The molecule has 1 heterocycles. The first-order valence-electron chi connectivity index (χ1n) is 5.72. The van der Waals surface area contributed by atoms with Gasteiger partial charge in [0.1, 0.15) is 5.82 Å². The fourth-order valence-corrected chi connectivity index (χ4v) is 1.52. The first-order chi connectivity index (χ1) is 8.15. The lowest BCUT2D eigenvalue weighted by Gasteiger charge is -2.19. The van der Waals surface area contributed by atoms with E-state index in [9.17, 15) is 4.79 Å². The van der Waals surface area contributed by atoms with Gasteiger partial charge in [-0.2, -0.15) is 0 Å². The van der Waals surface area contributed by atoms with Gasteiger partial charge in [0.2, 0.25) is 0 Å². The topological polar surface area (TPSA) is 53.4 Å². The summed E-state index contributed by atoms with van der Waals surface area (Å²) in [6, 6.07) is 3.67. The summed E-state index contributed by atoms with van der Waals surface area (Å²) in [5.74, 6) is -0.130. The average molecular weight is 234 g/mol. The smallest absolute Gasteiger partial charge is 0.328 e. The second kappa shape index (κ2) is 6.68. The number of pyridine rings is 1. The Morgan fingerprint density at radius 2 is 2.35 bits per heavy atom. The first-order valence-corrected chi connectivity index (χ1v) is 5.72. The number of carbonyl (C=O) groups is 1. The second-order valence-corrected chi connectivity index (χ2v) is 3.86. The number of nitrogens with zero attached hydrogens (tertiary/aromatic N) is 2. The van der Waals surface area contributed by atoms with E-state index in [-0.39, 0.29) is 0 Å². The number of hydrogen-bond donors (Lipinski definition) is 1. The lowest BCUT2D eigenvalue weighted by Crippen LogP contribution is -2.20. The normalized spacial score (nSPS) is 10.7. The van der Waals surface area contributed by atoms with Crippen molar-refractivity contribution in [2.24, 2.45) is 0 Å². The maximum absolute atomic E-state index is 10.5. The Morgan fingerprint density at radius 1 is 1.59 bits per heavy atom. The van der Waals surface area contributed by atoms with Crippen LogP contribution in [0, 0.1) is 0 Å². The number of anilines is 1. The van der Waals surface area contributed by atoms with Crippen LogP contribution in [0.1, 0.15) is 25.3 Å². The maximum atomic E-state index is 10.5. The fourth-order valence-electron chi connectivity index (χ4n) is 1.52. The molecule has 92 valence electrons. The molecule has 0 aliphatic carbocycles. The van der Waals surface area contributed by atoms with E-state index >= 15 is 0 Å². The van der Waals surface area contributed by atoms with Crippen molar-refractivity contribution in [3.05, 3.63) is 30.0 Å². The SMILES string of the molecule is CCCCN(C)c1ncccc1/C=C/C(=O)O. The Kier molecular flexibility index (Phi) is 5.20. The summed E-state index contributed by atoms with van der Waals surface area (Å²) >= 11 is 0. The molecule has 0 unspecified atom stereocenters. The van der Waals surface area contributed by atoms with Gasteiger partial charge in [0.15, 0.2) is 0 Å². The first kappa shape index (κ1) is 13.2. The molecule has 0 fully saturated rings. The molecular weight excluding hydrogens is 216 g/mol. The van der Waals surface area contributed by atoms with Crippen LogP contribution in [0.5, 0.6) is 0 Å². The summed E-state index contributed by atoms with van der Waals surface area (Å²) in [7, 11) is 1.97. The molecule has 1 N–H and O–H groups in total. The zero-order valence-electron chi connectivity index (χ0n) is 10.3. The van der Waals surface area contributed by atoms with Crippen LogP contribution in [0.4, 0.5) is 5.82 Å². The lowest BCUT2D eigenvalue weighted by molar-refractivity contribution is -0.131. The van der Waals surface area contributed by atoms with Crippen LogP contribution in [-0.4, -0.2) is 29.7 Å². The number of carboxylic acids is 1. The van der Waals surface area contributed by atoms with Gasteiger partial charge in [-0.3, -0.25) is 0 Å². The number of unbranched alkanes of at least 4 members (excludes halogenated alkanes) is 1. The van der Waals surface area contributed by atoms with Crippen molar-refractivity contribution in [1.82, 2.24) is 4.98 Å². The Hall–Kier alpha value is -1.84. The molecule has 17 heavy (non-hydrogen) atoms. The summed E-state index contributed by atoms with van der Waals surface area (Å²) in [4.78, 5) is 16.8. The largest absolute Gasteiger partial charge is 0.478 e. The van der Waals surface area contributed by atoms with Gasteiger partial charge in [-0.15, -0.1) is 0 Å². The van der Waals surface area contributed by atoms with Crippen molar-refractivity contribution in [3.8, 4) is 0 Å². The Balaban J connectivity index is 2.87. The van der Waals surface area contributed by atoms with E-state index in [1.807, 2.05) is 18.0 Å². The molecule has 0 amide bonds. The van der Waals surface area contributed by atoms with Crippen molar-refractivity contribution in [3.63, 3.8) is 0 Å². The van der Waals surface area contributed by atoms with Crippen LogP contribution in [-0.2, 0) is 4.79 Å². The molecule has 0 bridgehead atoms. The summed E-state index contributed by atoms with van der Waals surface area (Å²) in [6.07, 6.45) is 6.64. The van der Waals surface area contributed by atoms with Crippen molar-refractivity contribution in [2.45, 2.75) is 19.8 Å². The molecule has 1 aromatic heterocycles. The van der Waals surface area contributed by atoms with Gasteiger partial charge >= 0.3 is 5.97 Å². The standard InChI is InChI=1S/C13H18N2O2/c1-3-4-10-15(2)13-11(6-5-9-14-13)7-8-12(16)17/h5-9H,3-4,10H2,1-2H3,(H,16,17)/b8-7+. The third-order valence-electron chi connectivity index (χ3n) is 2.43.